The first kappa shape index (κ1) is 26.6. The predicted molar refractivity (Wildman–Crippen MR) is 131 cm³/mol. The molecule has 0 aliphatic heterocycles. The normalized spacial score (nSPS) is 11.2. The predicted octanol–water partition coefficient (Wildman–Crippen LogP) is 5.79. The van der Waals surface area contributed by atoms with E-state index >= 15 is 0 Å². The number of ether oxygens (including phenoxy) is 3. The lowest BCUT2D eigenvalue weighted by molar-refractivity contribution is -0.145. The SMILES string of the molecule is CCOC(=O)COc1cc(C(C)=CC(=O)N(CC)CC)ccc1OCc1c(Cl)cccc1Cl. The maximum absolute atomic E-state index is 12.5. The van der Waals surface area contributed by atoms with E-state index in [-0.39, 0.29) is 25.7 Å². The Bertz CT molecular complexity index is 982. The lowest BCUT2D eigenvalue weighted by atomic mass is 10.1. The molecule has 0 heterocycles. The molecule has 2 rings (SSSR count). The van der Waals surface area contributed by atoms with E-state index < -0.39 is 5.97 Å². The highest BCUT2D eigenvalue weighted by atomic mass is 35.5. The van der Waals surface area contributed by atoms with Crippen molar-refractivity contribution in [3.05, 3.63) is 63.6 Å². The quantitative estimate of drug-likeness (QED) is 0.293. The Kier molecular flexibility index (Phi) is 10.6. The number of amides is 1. The highest BCUT2D eigenvalue weighted by molar-refractivity contribution is 6.35. The average molecular weight is 494 g/mol. The molecular formula is C25H29Cl2NO5. The Morgan fingerprint density at radius 3 is 2.24 bits per heavy atom. The Morgan fingerprint density at radius 2 is 1.64 bits per heavy atom. The van der Waals surface area contributed by atoms with Crippen LogP contribution in [0.1, 0.15) is 38.8 Å². The van der Waals surface area contributed by atoms with Crippen LogP contribution in [0.2, 0.25) is 10.0 Å². The third-order valence-corrected chi connectivity index (χ3v) is 5.61. The zero-order valence-corrected chi connectivity index (χ0v) is 20.8. The van der Waals surface area contributed by atoms with Crippen molar-refractivity contribution in [3.63, 3.8) is 0 Å². The molecule has 178 valence electrons. The molecule has 1 amide bonds. The summed E-state index contributed by atoms with van der Waals surface area (Å²) in [5.74, 6) is 0.181. The van der Waals surface area contributed by atoms with Gasteiger partial charge in [-0.1, -0.05) is 35.3 Å². The zero-order chi connectivity index (χ0) is 24.4. The molecule has 8 heteroatoms. The minimum absolute atomic E-state index is 0.0693. The second-order valence-electron chi connectivity index (χ2n) is 7.08. The molecule has 0 atom stereocenters. The summed E-state index contributed by atoms with van der Waals surface area (Å²) in [6.45, 7) is 8.79. The summed E-state index contributed by atoms with van der Waals surface area (Å²) in [6.07, 6.45) is 1.58. The van der Waals surface area contributed by atoms with Crippen LogP contribution < -0.4 is 9.47 Å². The van der Waals surface area contributed by atoms with Gasteiger partial charge in [-0.3, -0.25) is 4.79 Å². The number of rotatable bonds is 11. The fourth-order valence-corrected chi connectivity index (χ4v) is 3.55. The molecule has 0 N–H and O–H groups in total. The van der Waals surface area contributed by atoms with Gasteiger partial charge in [-0.2, -0.15) is 0 Å². The molecule has 2 aromatic rings. The highest BCUT2D eigenvalue weighted by Gasteiger charge is 2.14. The van der Waals surface area contributed by atoms with E-state index in [9.17, 15) is 9.59 Å². The van der Waals surface area contributed by atoms with Crippen molar-refractivity contribution in [2.24, 2.45) is 0 Å². The zero-order valence-electron chi connectivity index (χ0n) is 19.3. The van der Waals surface area contributed by atoms with E-state index in [2.05, 4.69) is 0 Å². The van der Waals surface area contributed by atoms with Crippen molar-refractivity contribution in [2.45, 2.75) is 34.3 Å². The fraction of sp³-hybridized carbons (Fsp3) is 0.360. The number of allylic oxidation sites excluding steroid dienone is 1. The minimum atomic E-state index is -0.494. The van der Waals surface area contributed by atoms with E-state index in [1.54, 1.807) is 48.2 Å². The molecule has 2 aromatic carbocycles. The Morgan fingerprint density at radius 1 is 0.970 bits per heavy atom. The van der Waals surface area contributed by atoms with E-state index in [1.165, 1.54) is 0 Å². The van der Waals surface area contributed by atoms with E-state index in [1.807, 2.05) is 26.8 Å². The van der Waals surface area contributed by atoms with Crippen LogP contribution in [0.4, 0.5) is 0 Å². The molecule has 0 saturated heterocycles. The first-order valence-electron chi connectivity index (χ1n) is 10.8. The smallest absolute Gasteiger partial charge is 0.344 e. The van der Waals surface area contributed by atoms with Crippen LogP contribution in [0.25, 0.3) is 5.57 Å². The molecule has 0 aromatic heterocycles. The average Bonchev–Trinajstić information content (AvgIpc) is 2.78. The lowest BCUT2D eigenvalue weighted by Crippen LogP contribution is -2.28. The number of carbonyl (C=O) groups excluding carboxylic acids is 2. The van der Waals surface area contributed by atoms with Crippen LogP contribution >= 0.6 is 23.2 Å². The van der Waals surface area contributed by atoms with Gasteiger partial charge in [0.15, 0.2) is 18.1 Å². The highest BCUT2D eigenvalue weighted by Crippen LogP contribution is 2.33. The summed E-state index contributed by atoms with van der Waals surface area (Å²) in [5.41, 5.74) is 2.16. The molecule has 0 unspecified atom stereocenters. The van der Waals surface area contributed by atoms with E-state index in [0.29, 0.717) is 40.2 Å². The Balaban J connectivity index is 2.31. The Hall–Kier alpha value is -2.70. The summed E-state index contributed by atoms with van der Waals surface area (Å²) in [6, 6.07) is 10.5. The maximum Gasteiger partial charge on any atom is 0.344 e. The van der Waals surface area contributed by atoms with Gasteiger partial charge in [0.2, 0.25) is 5.91 Å². The van der Waals surface area contributed by atoms with Crippen LogP contribution in [0.5, 0.6) is 11.5 Å². The molecule has 0 fully saturated rings. The Labute approximate surface area is 205 Å². The number of hydrogen-bond acceptors (Lipinski definition) is 5. The number of halogens is 2. The standard InChI is InChI=1S/C25H29Cl2NO5/c1-5-28(6-2)24(29)13-17(4)18-11-12-22(23(14-18)33-16-25(30)31-7-3)32-15-19-20(26)9-8-10-21(19)27/h8-14H,5-7,15-16H2,1-4H3. The third-order valence-electron chi connectivity index (χ3n) is 4.90. The van der Waals surface area contributed by atoms with Crippen molar-refractivity contribution < 1.29 is 23.8 Å². The summed E-state index contributed by atoms with van der Waals surface area (Å²) >= 11 is 12.5. The first-order valence-corrected chi connectivity index (χ1v) is 11.5. The second kappa shape index (κ2) is 13.1. The van der Waals surface area contributed by atoms with Gasteiger partial charge in [0, 0.05) is 34.8 Å². The van der Waals surface area contributed by atoms with Gasteiger partial charge in [0.05, 0.1) is 6.61 Å². The van der Waals surface area contributed by atoms with E-state index in [4.69, 9.17) is 37.4 Å². The number of benzene rings is 2. The van der Waals surface area contributed by atoms with Crippen molar-refractivity contribution in [1.29, 1.82) is 0 Å². The molecule has 0 spiro atoms. The molecule has 0 radical (unpaired) electrons. The molecule has 6 nitrogen and oxygen atoms in total. The maximum atomic E-state index is 12.5. The lowest BCUT2D eigenvalue weighted by Gasteiger charge is -2.17. The monoisotopic (exact) mass is 493 g/mol. The van der Waals surface area contributed by atoms with Gasteiger partial charge < -0.3 is 19.1 Å². The number of esters is 1. The topological polar surface area (TPSA) is 65.1 Å². The third kappa shape index (κ3) is 7.69. The number of hydrogen-bond donors (Lipinski definition) is 0. The van der Waals surface area contributed by atoms with Gasteiger partial charge in [0.1, 0.15) is 6.61 Å². The number of likely N-dealkylation sites (N-methyl/N-ethyl adjacent to an activating group) is 1. The van der Waals surface area contributed by atoms with Gasteiger partial charge in [0.25, 0.3) is 0 Å². The largest absolute Gasteiger partial charge is 0.485 e. The van der Waals surface area contributed by atoms with Gasteiger partial charge >= 0.3 is 5.97 Å². The van der Waals surface area contributed by atoms with Crippen molar-refractivity contribution >= 4 is 40.7 Å². The van der Waals surface area contributed by atoms with Crippen LogP contribution in [-0.4, -0.2) is 43.1 Å². The summed E-state index contributed by atoms with van der Waals surface area (Å²) in [7, 11) is 0. The number of nitrogens with zero attached hydrogens (tertiary/aromatic N) is 1. The van der Waals surface area contributed by atoms with Crippen molar-refractivity contribution in [1.82, 2.24) is 4.90 Å². The first-order chi connectivity index (χ1) is 15.8. The minimum Gasteiger partial charge on any atom is -0.485 e. The molecule has 0 bridgehead atoms. The summed E-state index contributed by atoms with van der Waals surface area (Å²) in [5, 5.41) is 0.976. The molecule has 33 heavy (non-hydrogen) atoms. The molecule has 0 aliphatic rings. The molecule has 0 aliphatic carbocycles. The molecular weight excluding hydrogens is 465 g/mol. The van der Waals surface area contributed by atoms with Crippen LogP contribution in [0.15, 0.2) is 42.5 Å². The fourth-order valence-electron chi connectivity index (χ4n) is 3.04. The summed E-state index contributed by atoms with van der Waals surface area (Å²) in [4.78, 5) is 26.0. The van der Waals surface area contributed by atoms with Crippen molar-refractivity contribution in [3.8, 4) is 11.5 Å². The number of carbonyl (C=O) groups is 2. The summed E-state index contributed by atoms with van der Waals surface area (Å²) < 4.78 is 16.6. The van der Waals surface area contributed by atoms with E-state index in [0.717, 1.165) is 11.1 Å². The second-order valence-corrected chi connectivity index (χ2v) is 7.90. The van der Waals surface area contributed by atoms with Crippen LogP contribution in [0, 0.1) is 0 Å². The molecule has 0 saturated carbocycles. The van der Waals surface area contributed by atoms with Crippen LogP contribution in [-0.2, 0) is 20.9 Å². The van der Waals surface area contributed by atoms with Crippen LogP contribution in [0.3, 0.4) is 0 Å². The van der Waals surface area contributed by atoms with Gasteiger partial charge in [-0.25, -0.2) is 4.79 Å². The van der Waals surface area contributed by atoms with Gasteiger partial charge in [-0.15, -0.1) is 0 Å². The van der Waals surface area contributed by atoms with Gasteiger partial charge in [-0.05, 0) is 63.1 Å². The van der Waals surface area contributed by atoms with Crippen molar-refractivity contribution in [2.75, 3.05) is 26.3 Å².